The first-order chi connectivity index (χ1) is 26.0. The van der Waals surface area contributed by atoms with Gasteiger partial charge in [0.1, 0.15) is 29.1 Å². The van der Waals surface area contributed by atoms with E-state index in [1.165, 1.54) is 56.2 Å². The van der Waals surface area contributed by atoms with Crippen molar-refractivity contribution in [2.24, 2.45) is 0 Å². The van der Waals surface area contributed by atoms with Gasteiger partial charge in [-0.15, -0.1) is 0 Å². The van der Waals surface area contributed by atoms with Gasteiger partial charge in [0, 0.05) is 5.56 Å². The minimum Gasteiger partial charge on any atom is -0.207 e. The van der Waals surface area contributed by atoms with Crippen LogP contribution in [0.1, 0.15) is 72.3 Å². The smallest absolute Gasteiger partial charge is 0.161 e. The lowest BCUT2D eigenvalue weighted by atomic mass is 10.1. The van der Waals surface area contributed by atoms with E-state index in [2.05, 4.69) is 38.1 Å². The summed E-state index contributed by atoms with van der Waals surface area (Å²) in [7, 11) is 0. The molecule has 0 aromatic heterocycles. The molecule has 6 rings (SSSR count). The van der Waals surface area contributed by atoms with E-state index in [9.17, 15) is 30.7 Å². The fourth-order valence-corrected chi connectivity index (χ4v) is 4.54. The Labute approximate surface area is 330 Å². The summed E-state index contributed by atoms with van der Waals surface area (Å²) < 4.78 is 88.4. The van der Waals surface area contributed by atoms with Crippen LogP contribution in [0.15, 0.2) is 97.1 Å². The van der Waals surface area contributed by atoms with Crippen molar-refractivity contribution in [2.45, 2.75) is 90.0 Å². The molecule has 0 spiro atoms. The summed E-state index contributed by atoms with van der Waals surface area (Å²) in [5.41, 5.74) is 10.2. The summed E-state index contributed by atoms with van der Waals surface area (Å²) in [6.45, 7) is 23.2. The number of rotatable bonds is 0. The predicted octanol–water partition coefficient (Wildman–Crippen LogP) is 15.1. The Morgan fingerprint density at radius 3 is 0.804 bits per heavy atom. The van der Waals surface area contributed by atoms with Crippen molar-refractivity contribution in [1.82, 2.24) is 0 Å². The van der Waals surface area contributed by atoms with Gasteiger partial charge >= 0.3 is 0 Å². The molecule has 6 aromatic carbocycles. The molecule has 0 radical (unpaired) electrons. The zero-order valence-corrected chi connectivity index (χ0v) is 34.9. The maximum absolute atomic E-state index is 12.8. The van der Waals surface area contributed by atoms with E-state index < -0.39 is 23.3 Å². The van der Waals surface area contributed by atoms with Crippen LogP contribution in [0.2, 0.25) is 0 Å². The Kier molecular flexibility index (Phi) is 20.7. The Hall–Kier alpha value is -5.17. The van der Waals surface area contributed by atoms with Gasteiger partial charge in [0.15, 0.2) is 11.6 Å². The van der Waals surface area contributed by atoms with Crippen LogP contribution in [-0.4, -0.2) is 0 Å². The zero-order chi connectivity index (χ0) is 42.9. The van der Waals surface area contributed by atoms with E-state index in [1.807, 2.05) is 45.9 Å². The van der Waals surface area contributed by atoms with Crippen molar-refractivity contribution in [3.8, 4) is 0 Å². The number of aryl methyl sites for hydroxylation is 11. The summed E-state index contributed by atoms with van der Waals surface area (Å²) in [5.74, 6) is -2.75. The predicted molar refractivity (Wildman–Crippen MR) is 220 cm³/mol. The van der Waals surface area contributed by atoms with E-state index in [4.69, 9.17) is 0 Å². The van der Waals surface area contributed by atoms with E-state index in [0.29, 0.717) is 27.8 Å². The monoisotopic (exact) mass is 776 g/mol. The van der Waals surface area contributed by atoms with E-state index >= 15 is 0 Å². The second-order valence-corrected chi connectivity index (χ2v) is 14.0. The third-order valence-corrected chi connectivity index (χ3v) is 8.51. The molecular formula is C49H55F7. The molecule has 6 aromatic rings. The highest BCUT2D eigenvalue weighted by Crippen LogP contribution is 2.15. The fraction of sp³-hybridized carbons (Fsp3) is 0.265. The van der Waals surface area contributed by atoms with Gasteiger partial charge in [-0.25, -0.2) is 30.7 Å². The molecular weight excluding hydrogens is 722 g/mol. The maximum atomic E-state index is 12.8. The van der Waals surface area contributed by atoms with Crippen LogP contribution in [0.3, 0.4) is 0 Å². The first-order valence-electron chi connectivity index (χ1n) is 18.1. The summed E-state index contributed by atoms with van der Waals surface area (Å²) in [6, 6.07) is 28.2. The SMILES string of the molecule is Cc1cc(C)c(C)c(F)c1.Cc1cc(F)c(C)c(F)c1.Cc1ccc(C)c(F)c1.Cc1ccc(C)c(F)c1.Cc1ccc(C)c(F)c1F.Cc1ccc(C)cc1. The lowest BCUT2D eigenvalue weighted by Gasteiger charge is -2.01. The Morgan fingerprint density at radius 1 is 0.232 bits per heavy atom. The minimum atomic E-state index is -0.736. The number of benzene rings is 6. The molecule has 0 unspecified atom stereocenters. The van der Waals surface area contributed by atoms with Crippen LogP contribution in [0.4, 0.5) is 30.7 Å². The molecule has 0 aliphatic heterocycles. The summed E-state index contributed by atoms with van der Waals surface area (Å²) >= 11 is 0. The van der Waals surface area contributed by atoms with Gasteiger partial charge in [-0.05, 0) is 176 Å². The van der Waals surface area contributed by atoms with Gasteiger partial charge in [0.25, 0.3) is 0 Å². The molecule has 0 nitrogen and oxygen atoms in total. The summed E-state index contributed by atoms with van der Waals surface area (Å²) in [6.07, 6.45) is 0. The maximum Gasteiger partial charge on any atom is 0.161 e. The van der Waals surface area contributed by atoms with Gasteiger partial charge in [-0.1, -0.05) is 77.9 Å². The fourth-order valence-electron chi connectivity index (χ4n) is 4.54. The normalized spacial score (nSPS) is 9.79. The Balaban J connectivity index is 0.000000337. The van der Waals surface area contributed by atoms with Crippen LogP contribution in [0, 0.1) is 131 Å². The second kappa shape index (κ2) is 23.7. The van der Waals surface area contributed by atoms with Gasteiger partial charge in [0.05, 0.1) is 0 Å². The highest BCUT2D eigenvalue weighted by Gasteiger charge is 2.06. The average molecular weight is 777 g/mol. The standard InChI is InChI=1S/C9H11F.2C8H8F2.2C8H9F.C8H10/c1-6-4-7(2)8(3)9(10)5-6;1-5-3-7(9)6(2)8(10)4-5;1-5-3-4-6(2)8(10)7(5)9;2*1-6-3-4-7(2)8(9)5-6;1-7-3-5-8(2)6-4-7/h4-5H,1-3H3;2*3-4H,1-2H3;2*3-5H,1-2H3;3-6H,1-2H3. The molecule has 0 aliphatic carbocycles. The first kappa shape index (κ1) is 48.8. The van der Waals surface area contributed by atoms with E-state index in [1.54, 1.807) is 58.0 Å². The molecule has 56 heavy (non-hydrogen) atoms. The molecule has 0 N–H and O–H groups in total. The average Bonchev–Trinajstić information content (AvgIpc) is 3.13. The van der Waals surface area contributed by atoms with Crippen LogP contribution in [-0.2, 0) is 0 Å². The number of hydrogen-bond donors (Lipinski definition) is 0. The van der Waals surface area contributed by atoms with Gasteiger partial charge in [-0.2, -0.15) is 0 Å². The molecule has 0 heterocycles. The quantitative estimate of drug-likeness (QED) is 0.135. The molecule has 0 amide bonds. The van der Waals surface area contributed by atoms with Gasteiger partial charge < -0.3 is 0 Å². The van der Waals surface area contributed by atoms with Crippen LogP contribution >= 0.6 is 0 Å². The van der Waals surface area contributed by atoms with E-state index in [-0.39, 0.29) is 23.0 Å². The topological polar surface area (TPSA) is 0 Å². The molecule has 0 bridgehead atoms. The van der Waals surface area contributed by atoms with Crippen LogP contribution in [0.25, 0.3) is 0 Å². The number of halogens is 7. The second-order valence-electron chi connectivity index (χ2n) is 14.0. The summed E-state index contributed by atoms with van der Waals surface area (Å²) in [5, 5.41) is 0. The molecule has 300 valence electrons. The Morgan fingerprint density at radius 2 is 0.500 bits per heavy atom. The molecule has 0 aliphatic rings. The lowest BCUT2D eigenvalue weighted by Crippen LogP contribution is -1.91. The molecule has 7 heteroatoms. The van der Waals surface area contributed by atoms with Gasteiger partial charge in [-0.3, -0.25) is 0 Å². The highest BCUT2D eigenvalue weighted by atomic mass is 19.2. The third kappa shape index (κ3) is 17.5. The zero-order valence-electron chi connectivity index (χ0n) is 34.9. The van der Waals surface area contributed by atoms with Crippen molar-refractivity contribution < 1.29 is 30.7 Å². The van der Waals surface area contributed by atoms with Crippen molar-refractivity contribution in [2.75, 3.05) is 0 Å². The van der Waals surface area contributed by atoms with Crippen LogP contribution < -0.4 is 0 Å². The molecule has 0 saturated carbocycles. The minimum absolute atomic E-state index is 0.0885. The molecule has 0 atom stereocenters. The summed E-state index contributed by atoms with van der Waals surface area (Å²) in [4.78, 5) is 0. The molecule has 0 fully saturated rings. The largest absolute Gasteiger partial charge is 0.207 e. The van der Waals surface area contributed by atoms with Crippen molar-refractivity contribution in [3.05, 3.63) is 210 Å². The van der Waals surface area contributed by atoms with Crippen LogP contribution in [0.5, 0.6) is 0 Å². The third-order valence-electron chi connectivity index (χ3n) is 8.51. The van der Waals surface area contributed by atoms with E-state index in [0.717, 1.165) is 27.8 Å². The Bertz CT molecular complexity index is 1950. The highest BCUT2D eigenvalue weighted by molar-refractivity contribution is 5.31. The number of hydrogen-bond acceptors (Lipinski definition) is 0. The molecule has 0 saturated heterocycles. The van der Waals surface area contributed by atoms with Crippen molar-refractivity contribution in [1.29, 1.82) is 0 Å². The lowest BCUT2D eigenvalue weighted by molar-refractivity contribution is 0.497. The van der Waals surface area contributed by atoms with Crippen molar-refractivity contribution >= 4 is 0 Å². The van der Waals surface area contributed by atoms with Gasteiger partial charge in [0.2, 0.25) is 0 Å². The van der Waals surface area contributed by atoms with Crippen molar-refractivity contribution in [3.63, 3.8) is 0 Å². The first-order valence-corrected chi connectivity index (χ1v) is 18.1.